The smallest absolute Gasteiger partial charge is 0.257 e. The van der Waals surface area contributed by atoms with Gasteiger partial charge in [0.2, 0.25) is 10.0 Å². The number of amides is 1. The summed E-state index contributed by atoms with van der Waals surface area (Å²) in [5, 5.41) is 3.15. The fourth-order valence-corrected chi connectivity index (χ4v) is 5.40. The Balaban J connectivity index is 1.57. The lowest BCUT2D eigenvalue weighted by molar-refractivity contribution is 0.0730. The van der Waals surface area contributed by atoms with Crippen molar-refractivity contribution in [1.82, 2.24) is 9.29 Å². The molecule has 2 aromatic carbocycles. The highest BCUT2D eigenvalue weighted by molar-refractivity contribution is 7.89. The summed E-state index contributed by atoms with van der Waals surface area (Å²) in [5.74, 6) is 0.268. The van der Waals surface area contributed by atoms with E-state index >= 15 is 0 Å². The molecule has 29 heavy (non-hydrogen) atoms. The molecule has 0 radical (unpaired) electrons. The van der Waals surface area contributed by atoms with Crippen LogP contribution < -0.4 is 10.1 Å². The van der Waals surface area contributed by atoms with Crippen LogP contribution in [0.3, 0.4) is 0 Å². The van der Waals surface area contributed by atoms with Crippen molar-refractivity contribution in [1.29, 1.82) is 0 Å². The van der Waals surface area contributed by atoms with Gasteiger partial charge in [-0.25, -0.2) is 13.4 Å². The zero-order valence-corrected chi connectivity index (χ0v) is 17.3. The van der Waals surface area contributed by atoms with E-state index in [0.29, 0.717) is 53.0 Å². The first-order chi connectivity index (χ1) is 14.0. The van der Waals surface area contributed by atoms with Crippen LogP contribution in [0.5, 0.6) is 5.75 Å². The zero-order valence-electron chi connectivity index (χ0n) is 15.6. The number of anilines is 1. The molecule has 1 saturated heterocycles. The molecule has 0 spiro atoms. The molecule has 2 heterocycles. The summed E-state index contributed by atoms with van der Waals surface area (Å²) in [7, 11) is -2.05. The second-order valence-electron chi connectivity index (χ2n) is 6.35. The van der Waals surface area contributed by atoms with Crippen molar-refractivity contribution in [3.63, 3.8) is 0 Å². The Labute approximate surface area is 172 Å². The van der Waals surface area contributed by atoms with E-state index in [1.165, 1.54) is 22.8 Å². The Hall–Kier alpha value is -2.53. The third kappa shape index (κ3) is 4.10. The standard InChI is InChI=1S/C19H19N3O5S2/c1-26-14-4-2-3-13(11-14)18(23)21-19-20-16-6-5-15(12-17(16)28-19)29(24,25)22-7-9-27-10-8-22/h2-6,11-12H,7-10H2,1H3,(H,20,21,23). The van der Waals surface area contributed by atoms with Crippen molar-refractivity contribution in [2.75, 3.05) is 38.7 Å². The number of hydrogen-bond acceptors (Lipinski definition) is 7. The first kappa shape index (κ1) is 19.8. The summed E-state index contributed by atoms with van der Waals surface area (Å²) >= 11 is 1.23. The van der Waals surface area contributed by atoms with E-state index in [1.807, 2.05) is 0 Å². The minimum atomic E-state index is -3.59. The lowest BCUT2D eigenvalue weighted by Gasteiger charge is -2.25. The number of morpholine rings is 1. The Kier molecular flexibility index (Phi) is 5.50. The van der Waals surface area contributed by atoms with E-state index in [4.69, 9.17) is 9.47 Å². The van der Waals surface area contributed by atoms with E-state index in [1.54, 1.807) is 42.5 Å². The number of hydrogen-bond donors (Lipinski definition) is 1. The van der Waals surface area contributed by atoms with Gasteiger partial charge in [-0.1, -0.05) is 17.4 Å². The molecule has 1 amide bonds. The van der Waals surface area contributed by atoms with Gasteiger partial charge < -0.3 is 9.47 Å². The fraction of sp³-hybridized carbons (Fsp3) is 0.263. The SMILES string of the molecule is COc1cccc(C(=O)Nc2nc3ccc(S(=O)(=O)N4CCOCC4)cc3s2)c1. The van der Waals surface area contributed by atoms with Crippen molar-refractivity contribution < 1.29 is 22.7 Å². The van der Waals surface area contributed by atoms with Crippen molar-refractivity contribution in [3.8, 4) is 5.75 Å². The summed E-state index contributed by atoms with van der Waals surface area (Å²) in [5.41, 5.74) is 1.07. The molecule has 1 aromatic heterocycles. The van der Waals surface area contributed by atoms with Crippen molar-refractivity contribution in [2.24, 2.45) is 0 Å². The summed E-state index contributed by atoms with van der Waals surface area (Å²) in [4.78, 5) is 17.1. The van der Waals surface area contributed by atoms with Crippen molar-refractivity contribution in [3.05, 3.63) is 48.0 Å². The van der Waals surface area contributed by atoms with Crippen LogP contribution in [0.25, 0.3) is 10.2 Å². The predicted octanol–water partition coefficient (Wildman–Crippen LogP) is 2.58. The maximum Gasteiger partial charge on any atom is 0.257 e. The number of ether oxygens (including phenoxy) is 2. The molecular weight excluding hydrogens is 414 g/mol. The fourth-order valence-electron chi connectivity index (χ4n) is 2.99. The first-order valence-electron chi connectivity index (χ1n) is 8.91. The first-order valence-corrected chi connectivity index (χ1v) is 11.2. The summed E-state index contributed by atoms with van der Waals surface area (Å²) in [6.45, 7) is 1.46. The molecule has 0 unspecified atom stereocenters. The number of methoxy groups -OCH3 is 1. The number of aromatic nitrogens is 1. The lowest BCUT2D eigenvalue weighted by Crippen LogP contribution is -2.40. The maximum absolute atomic E-state index is 12.8. The highest BCUT2D eigenvalue weighted by Gasteiger charge is 2.26. The number of fused-ring (bicyclic) bond motifs is 1. The second-order valence-corrected chi connectivity index (χ2v) is 9.32. The molecule has 1 aliphatic rings. The van der Waals surface area contributed by atoms with Crippen LogP contribution in [-0.4, -0.2) is 57.0 Å². The lowest BCUT2D eigenvalue weighted by atomic mass is 10.2. The number of carbonyl (C=O) groups excluding carboxylic acids is 1. The Morgan fingerprint density at radius 1 is 1.21 bits per heavy atom. The molecule has 1 fully saturated rings. The van der Waals surface area contributed by atoms with Crippen molar-refractivity contribution >= 4 is 42.6 Å². The van der Waals surface area contributed by atoms with E-state index in [-0.39, 0.29) is 10.8 Å². The predicted molar refractivity (Wildman–Crippen MR) is 110 cm³/mol. The summed E-state index contributed by atoms with van der Waals surface area (Å²) in [6, 6.07) is 11.6. The van der Waals surface area contributed by atoms with Gasteiger partial charge in [0.05, 0.1) is 35.4 Å². The van der Waals surface area contributed by atoms with Gasteiger partial charge in [-0.3, -0.25) is 10.1 Å². The summed E-state index contributed by atoms with van der Waals surface area (Å²) in [6.07, 6.45) is 0. The normalized spacial score (nSPS) is 15.3. The van der Waals surface area contributed by atoms with Crippen LogP contribution in [0.4, 0.5) is 5.13 Å². The average molecular weight is 434 g/mol. The van der Waals surface area contributed by atoms with Crippen LogP contribution in [0.15, 0.2) is 47.4 Å². The quantitative estimate of drug-likeness (QED) is 0.664. The van der Waals surface area contributed by atoms with Gasteiger partial charge in [0.15, 0.2) is 5.13 Å². The molecular formula is C19H19N3O5S2. The number of carbonyl (C=O) groups is 1. The molecule has 152 valence electrons. The molecule has 1 aliphatic heterocycles. The van der Waals surface area contributed by atoms with Gasteiger partial charge in [-0.05, 0) is 36.4 Å². The molecule has 0 saturated carbocycles. The highest BCUT2D eigenvalue weighted by Crippen LogP contribution is 2.30. The molecule has 0 atom stereocenters. The zero-order chi connectivity index (χ0) is 20.4. The number of nitrogens with zero attached hydrogens (tertiary/aromatic N) is 2. The molecule has 3 aromatic rings. The van der Waals surface area contributed by atoms with Gasteiger partial charge in [-0.15, -0.1) is 0 Å². The number of rotatable bonds is 5. The van der Waals surface area contributed by atoms with Crippen molar-refractivity contribution in [2.45, 2.75) is 4.90 Å². The second kappa shape index (κ2) is 8.07. The van der Waals surface area contributed by atoms with Gasteiger partial charge in [0.1, 0.15) is 5.75 Å². The average Bonchev–Trinajstić information content (AvgIpc) is 3.15. The number of nitrogens with one attached hydrogen (secondary N) is 1. The third-order valence-electron chi connectivity index (χ3n) is 4.52. The van der Waals surface area contributed by atoms with Gasteiger partial charge in [-0.2, -0.15) is 4.31 Å². The van der Waals surface area contributed by atoms with E-state index in [2.05, 4.69) is 10.3 Å². The van der Waals surface area contributed by atoms with E-state index in [0.717, 1.165) is 0 Å². The molecule has 1 N–H and O–H groups in total. The number of thiazole rings is 1. The minimum absolute atomic E-state index is 0.209. The monoisotopic (exact) mass is 433 g/mol. The molecule has 8 nitrogen and oxygen atoms in total. The third-order valence-corrected chi connectivity index (χ3v) is 7.35. The van der Waals surface area contributed by atoms with Crippen LogP contribution in [0, 0.1) is 0 Å². The number of sulfonamides is 1. The van der Waals surface area contributed by atoms with E-state index in [9.17, 15) is 13.2 Å². The number of benzene rings is 2. The van der Waals surface area contributed by atoms with Crippen LogP contribution in [0.2, 0.25) is 0 Å². The highest BCUT2D eigenvalue weighted by atomic mass is 32.2. The van der Waals surface area contributed by atoms with Crippen LogP contribution in [0.1, 0.15) is 10.4 Å². The topological polar surface area (TPSA) is 97.8 Å². The molecule has 0 aliphatic carbocycles. The van der Waals surface area contributed by atoms with Gasteiger partial charge >= 0.3 is 0 Å². The largest absolute Gasteiger partial charge is 0.497 e. The summed E-state index contributed by atoms with van der Waals surface area (Å²) < 4.78 is 38.1. The maximum atomic E-state index is 12.8. The Morgan fingerprint density at radius 3 is 2.76 bits per heavy atom. The molecule has 0 bridgehead atoms. The van der Waals surface area contributed by atoms with Crippen LogP contribution in [-0.2, 0) is 14.8 Å². The Morgan fingerprint density at radius 2 is 2.00 bits per heavy atom. The van der Waals surface area contributed by atoms with E-state index < -0.39 is 10.0 Å². The minimum Gasteiger partial charge on any atom is -0.497 e. The Bertz CT molecular complexity index is 1150. The molecule has 10 heteroatoms. The van der Waals surface area contributed by atoms with Gasteiger partial charge in [0.25, 0.3) is 5.91 Å². The molecule has 4 rings (SSSR count). The van der Waals surface area contributed by atoms with Gasteiger partial charge in [0, 0.05) is 18.7 Å². The van der Waals surface area contributed by atoms with Crippen LogP contribution >= 0.6 is 11.3 Å².